The Hall–Kier alpha value is -0.590. The van der Waals surface area contributed by atoms with Gasteiger partial charge in [-0.25, -0.2) is 5.43 Å². The average Bonchev–Trinajstić information content (AvgIpc) is 2.37. The maximum Gasteiger partial charge on any atom is 0.130 e. The zero-order valence-electron chi connectivity index (χ0n) is 9.82. The van der Waals surface area contributed by atoms with E-state index in [2.05, 4.69) is 26.3 Å². The number of hydrogen-bond acceptors (Lipinski definition) is 4. The number of hydrogen-bond donors (Lipinski definition) is 2. The maximum absolute atomic E-state index is 5.91. The minimum Gasteiger partial charge on any atom is -0.489 e. The van der Waals surface area contributed by atoms with Crippen LogP contribution >= 0.6 is 39.1 Å². The van der Waals surface area contributed by atoms with Crippen LogP contribution in [-0.4, -0.2) is 23.8 Å². The number of nitrogens with zero attached hydrogens (tertiary/aromatic N) is 1. The van der Waals surface area contributed by atoms with E-state index in [1.165, 1.54) is 0 Å². The number of alkyl halides is 1. The summed E-state index contributed by atoms with van der Waals surface area (Å²) in [6.07, 6.45) is 3.45. The Kier molecular flexibility index (Phi) is 5.24. The summed E-state index contributed by atoms with van der Waals surface area (Å²) in [4.78, 5) is 4.21. The Morgan fingerprint density at radius 2 is 2.00 bits per heavy atom. The van der Waals surface area contributed by atoms with Crippen molar-refractivity contribution >= 4 is 45.3 Å². The number of halogens is 3. The molecule has 0 aliphatic carbocycles. The zero-order chi connectivity index (χ0) is 13.8. The van der Waals surface area contributed by atoms with E-state index in [1.54, 1.807) is 24.4 Å². The monoisotopic (exact) mass is 363 g/mol. The summed E-state index contributed by atoms with van der Waals surface area (Å²) >= 11 is 15.3. The minimum atomic E-state index is -0.227. The van der Waals surface area contributed by atoms with E-state index in [0.29, 0.717) is 22.4 Å². The molecule has 1 aliphatic heterocycles. The maximum atomic E-state index is 5.91. The quantitative estimate of drug-likeness (QED) is 0.373. The molecule has 19 heavy (non-hydrogen) atoms. The van der Waals surface area contributed by atoms with Gasteiger partial charge in [-0.05, 0) is 29.8 Å². The first-order chi connectivity index (χ1) is 9.08. The fourth-order valence-electron chi connectivity index (χ4n) is 1.60. The van der Waals surface area contributed by atoms with Gasteiger partial charge in [-0.1, -0.05) is 39.1 Å². The van der Waals surface area contributed by atoms with Crippen LogP contribution in [-0.2, 0) is 0 Å². The number of nitrogens with one attached hydrogen (secondary N) is 1. The second-order valence-electron chi connectivity index (χ2n) is 3.95. The van der Waals surface area contributed by atoms with Crippen molar-refractivity contribution < 1.29 is 4.74 Å². The Morgan fingerprint density at radius 3 is 2.63 bits per heavy atom. The molecule has 0 radical (unpaired) electrons. The summed E-state index contributed by atoms with van der Waals surface area (Å²) in [5, 5.41) is 1.08. The molecule has 1 heterocycles. The molecular formula is C12H12BrCl2N3O. The molecule has 2 unspecified atom stereocenters. The molecule has 1 aromatic rings. The van der Waals surface area contributed by atoms with E-state index in [4.69, 9.17) is 33.8 Å². The largest absolute Gasteiger partial charge is 0.489 e. The van der Waals surface area contributed by atoms with Crippen molar-refractivity contribution in [1.82, 2.24) is 5.43 Å². The first-order valence-corrected chi connectivity index (χ1v) is 7.18. The van der Waals surface area contributed by atoms with Crippen molar-refractivity contribution in [1.29, 1.82) is 0 Å². The third kappa shape index (κ3) is 4.19. The van der Waals surface area contributed by atoms with Crippen LogP contribution < -0.4 is 16.0 Å². The SMILES string of the molecule is NNC1C=C(COc2cc(Cl)cc(Cl)c2)C(Br)C=N1. The predicted molar refractivity (Wildman–Crippen MR) is 82.4 cm³/mol. The fraction of sp³-hybridized carbons (Fsp3) is 0.250. The number of ether oxygens (including phenoxy) is 1. The van der Waals surface area contributed by atoms with Crippen molar-refractivity contribution in [3.63, 3.8) is 0 Å². The molecule has 1 aliphatic rings. The number of aliphatic imine (C=N–C) groups is 1. The van der Waals surface area contributed by atoms with Gasteiger partial charge in [0.15, 0.2) is 0 Å². The summed E-state index contributed by atoms with van der Waals surface area (Å²) in [7, 11) is 0. The molecule has 0 bridgehead atoms. The number of hydrazine groups is 1. The van der Waals surface area contributed by atoms with Gasteiger partial charge < -0.3 is 4.74 Å². The Morgan fingerprint density at radius 1 is 1.32 bits per heavy atom. The predicted octanol–water partition coefficient (Wildman–Crippen LogP) is 2.94. The molecule has 0 spiro atoms. The molecule has 0 saturated heterocycles. The third-order valence-electron chi connectivity index (χ3n) is 2.52. The van der Waals surface area contributed by atoms with E-state index < -0.39 is 0 Å². The van der Waals surface area contributed by atoms with E-state index in [1.807, 2.05) is 6.08 Å². The highest BCUT2D eigenvalue weighted by Crippen LogP contribution is 2.25. The molecule has 2 atom stereocenters. The molecule has 4 nitrogen and oxygen atoms in total. The van der Waals surface area contributed by atoms with E-state index >= 15 is 0 Å². The lowest BCUT2D eigenvalue weighted by atomic mass is 10.1. The lowest BCUT2D eigenvalue weighted by Gasteiger charge is -2.19. The number of dihydropyridines is 1. The molecule has 0 fully saturated rings. The van der Waals surface area contributed by atoms with Gasteiger partial charge >= 0.3 is 0 Å². The minimum absolute atomic E-state index is 0.0340. The topological polar surface area (TPSA) is 59.6 Å². The van der Waals surface area contributed by atoms with Crippen LogP contribution in [0, 0.1) is 0 Å². The summed E-state index contributed by atoms with van der Waals surface area (Å²) in [6.45, 7) is 0.400. The van der Waals surface area contributed by atoms with Crippen molar-refractivity contribution in [2.24, 2.45) is 10.8 Å². The van der Waals surface area contributed by atoms with Gasteiger partial charge in [0.2, 0.25) is 0 Å². The molecule has 102 valence electrons. The molecule has 3 N–H and O–H groups in total. The van der Waals surface area contributed by atoms with Crippen LogP contribution in [0.15, 0.2) is 34.8 Å². The summed E-state index contributed by atoms with van der Waals surface area (Å²) in [6, 6.07) is 5.09. The molecule has 2 rings (SSSR count). The van der Waals surface area contributed by atoms with Crippen molar-refractivity contribution in [2.75, 3.05) is 6.61 Å². The van der Waals surface area contributed by atoms with Crippen molar-refractivity contribution in [3.8, 4) is 5.75 Å². The molecular weight excluding hydrogens is 353 g/mol. The number of rotatable bonds is 4. The summed E-state index contributed by atoms with van der Waals surface area (Å²) < 4.78 is 5.67. The summed E-state index contributed by atoms with van der Waals surface area (Å²) in [5.41, 5.74) is 3.60. The average molecular weight is 365 g/mol. The van der Waals surface area contributed by atoms with Crippen LogP contribution in [0.3, 0.4) is 0 Å². The third-order valence-corrected chi connectivity index (χ3v) is 3.78. The first kappa shape index (κ1) is 14.8. The fourth-order valence-corrected chi connectivity index (χ4v) is 2.53. The van der Waals surface area contributed by atoms with Crippen LogP contribution in [0.4, 0.5) is 0 Å². The van der Waals surface area contributed by atoms with E-state index in [-0.39, 0.29) is 11.0 Å². The van der Waals surface area contributed by atoms with E-state index in [9.17, 15) is 0 Å². The second-order valence-corrected chi connectivity index (χ2v) is 5.81. The van der Waals surface area contributed by atoms with Gasteiger partial charge in [-0.15, -0.1) is 0 Å². The lowest BCUT2D eigenvalue weighted by molar-refractivity contribution is 0.349. The van der Waals surface area contributed by atoms with E-state index in [0.717, 1.165) is 5.57 Å². The summed E-state index contributed by atoms with van der Waals surface area (Å²) in [5.74, 6) is 5.98. The van der Waals surface area contributed by atoms with Crippen LogP contribution in [0.2, 0.25) is 10.0 Å². The smallest absolute Gasteiger partial charge is 0.130 e. The lowest BCUT2D eigenvalue weighted by Crippen LogP contribution is -2.35. The zero-order valence-corrected chi connectivity index (χ0v) is 12.9. The Bertz CT molecular complexity index is 501. The Balaban J connectivity index is 2.03. The van der Waals surface area contributed by atoms with Gasteiger partial charge in [0, 0.05) is 16.3 Å². The molecule has 0 aromatic heterocycles. The second kappa shape index (κ2) is 6.72. The number of nitrogens with two attached hydrogens (primary N) is 1. The van der Waals surface area contributed by atoms with Crippen molar-refractivity contribution in [3.05, 3.63) is 39.9 Å². The Labute approximate surface area is 129 Å². The van der Waals surface area contributed by atoms with Gasteiger partial charge in [-0.3, -0.25) is 10.8 Å². The molecule has 1 aromatic carbocycles. The van der Waals surface area contributed by atoms with Crippen LogP contribution in [0.5, 0.6) is 5.75 Å². The molecule has 0 amide bonds. The normalized spacial score (nSPS) is 22.2. The number of benzene rings is 1. The standard InChI is InChI=1S/C12H12BrCl2N3O/c13-11-5-17-12(18-16)1-7(11)6-19-10-3-8(14)2-9(15)4-10/h1-5,11-12,18H,6,16H2. The highest BCUT2D eigenvalue weighted by Gasteiger charge is 2.16. The van der Waals surface area contributed by atoms with Crippen molar-refractivity contribution in [2.45, 2.75) is 11.0 Å². The molecule has 7 heteroatoms. The van der Waals surface area contributed by atoms with Gasteiger partial charge in [0.1, 0.15) is 18.5 Å². The highest BCUT2D eigenvalue weighted by atomic mass is 79.9. The van der Waals surface area contributed by atoms with Gasteiger partial charge in [0.05, 0.1) is 4.83 Å². The van der Waals surface area contributed by atoms with Gasteiger partial charge in [-0.2, -0.15) is 0 Å². The molecule has 0 saturated carbocycles. The van der Waals surface area contributed by atoms with Gasteiger partial charge in [0.25, 0.3) is 0 Å². The van der Waals surface area contributed by atoms with Crippen LogP contribution in [0.1, 0.15) is 0 Å². The van der Waals surface area contributed by atoms with Crippen LogP contribution in [0.25, 0.3) is 0 Å². The first-order valence-electron chi connectivity index (χ1n) is 5.51. The highest BCUT2D eigenvalue weighted by molar-refractivity contribution is 9.10.